The third kappa shape index (κ3) is 3.19. The van der Waals surface area contributed by atoms with Crippen molar-refractivity contribution < 1.29 is 9.47 Å². The van der Waals surface area contributed by atoms with E-state index in [-0.39, 0.29) is 6.04 Å². The van der Waals surface area contributed by atoms with Crippen molar-refractivity contribution in [3.63, 3.8) is 0 Å². The largest absolute Gasteiger partial charge is 0.493 e. The molecule has 0 aliphatic heterocycles. The minimum absolute atomic E-state index is 0.165. The van der Waals surface area contributed by atoms with Gasteiger partial charge in [0.05, 0.1) is 30.8 Å². The van der Waals surface area contributed by atoms with Crippen molar-refractivity contribution >= 4 is 16.6 Å². The standard InChI is InChI=1S/C16H23N3O2/c1-10-5-7-19-15-12(18-8-6-11(2)17)9-13(20-3)16(21-4)14(10)15/h5,7,9,11,18H,6,8,17H2,1-4H3. The van der Waals surface area contributed by atoms with Crippen molar-refractivity contribution in [3.8, 4) is 11.5 Å². The summed E-state index contributed by atoms with van der Waals surface area (Å²) in [6, 6.07) is 4.06. The van der Waals surface area contributed by atoms with Crippen molar-refractivity contribution in [2.75, 3.05) is 26.1 Å². The number of pyridine rings is 1. The van der Waals surface area contributed by atoms with Crippen molar-refractivity contribution in [1.82, 2.24) is 4.98 Å². The first-order valence-corrected chi connectivity index (χ1v) is 7.08. The lowest BCUT2D eigenvalue weighted by atomic mass is 10.1. The quantitative estimate of drug-likeness (QED) is 0.855. The molecule has 5 nitrogen and oxygen atoms in total. The van der Waals surface area contributed by atoms with Gasteiger partial charge < -0.3 is 20.5 Å². The van der Waals surface area contributed by atoms with E-state index in [0.29, 0.717) is 5.75 Å². The zero-order chi connectivity index (χ0) is 15.4. The fourth-order valence-electron chi connectivity index (χ4n) is 2.36. The van der Waals surface area contributed by atoms with Crippen LogP contribution in [0.25, 0.3) is 10.9 Å². The van der Waals surface area contributed by atoms with Gasteiger partial charge in [-0.1, -0.05) is 0 Å². The predicted molar refractivity (Wildman–Crippen MR) is 86.3 cm³/mol. The van der Waals surface area contributed by atoms with Crippen LogP contribution in [0.5, 0.6) is 11.5 Å². The molecule has 21 heavy (non-hydrogen) atoms. The second-order valence-electron chi connectivity index (χ2n) is 5.20. The van der Waals surface area contributed by atoms with Gasteiger partial charge in [-0.05, 0) is 31.9 Å². The molecule has 3 N–H and O–H groups in total. The summed E-state index contributed by atoms with van der Waals surface area (Å²) in [7, 11) is 3.29. The van der Waals surface area contributed by atoms with Crippen molar-refractivity contribution in [1.29, 1.82) is 0 Å². The Morgan fingerprint density at radius 2 is 2.10 bits per heavy atom. The molecule has 0 amide bonds. The van der Waals surface area contributed by atoms with Gasteiger partial charge in [0.15, 0.2) is 11.5 Å². The second-order valence-corrected chi connectivity index (χ2v) is 5.20. The number of methoxy groups -OCH3 is 2. The van der Waals surface area contributed by atoms with E-state index in [1.807, 2.05) is 26.0 Å². The van der Waals surface area contributed by atoms with Gasteiger partial charge in [0, 0.05) is 24.8 Å². The number of hydrogen-bond acceptors (Lipinski definition) is 5. The zero-order valence-corrected chi connectivity index (χ0v) is 13.1. The Morgan fingerprint density at radius 3 is 2.71 bits per heavy atom. The van der Waals surface area contributed by atoms with Crippen LogP contribution >= 0.6 is 0 Å². The first-order chi connectivity index (χ1) is 10.1. The number of ether oxygens (including phenoxy) is 2. The smallest absolute Gasteiger partial charge is 0.170 e. The lowest BCUT2D eigenvalue weighted by Crippen LogP contribution is -2.19. The molecule has 0 radical (unpaired) electrons. The molecule has 2 aromatic rings. The molecule has 1 aromatic heterocycles. The third-order valence-electron chi connectivity index (χ3n) is 3.48. The molecule has 114 valence electrons. The first-order valence-electron chi connectivity index (χ1n) is 7.08. The van der Waals surface area contributed by atoms with Crippen LogP contribution in [-0.4, -0.2) is 31.8 Å². The average molecular weight is 289 g/mol. The lowest BCUT2D eigenvalue weighted by Gasteiger charge is -2.17. The van der Waals surface area contributed by atoms with Crippen LogP contribution in [-0.2, 0) is 0 Å². The summed E-state index contributed by atoms with van der Waals surface area (Å²) in [6.07, 6.45) is 2.70. The monoisotopic (exact) mass is 289 g/mol. The summed E-state index contributed by atoms with van der Waals surface area (Å²) in [5.74, 6) is 1.42. The van der Waals surface area contributed by atoms with E-state index in [1.54, 1.807) is 20.4 Å². The van der Waals surface area contributed by atoms with E-state index in [0.717, 1.165) is 40.9 Å². The highest BCUT2D eigenvalue weighted by molar-refractivity contribution is 5.99. The Hall–Kier alpha value is -2.01. The summed E-state index contributed by atoms with van der Waals surface area (Å²) in [5, 5.41) is 4.37. The lowest BCUT2D eigenvalue weighted by molar-refractivity contribution is 0.358. The highest BCUT2D eigenvalue weighted by Crippen LogP contribution is 2.40. The fraction of sp³-hybridized carbons (Fsp3) is 0.438. The number of nitrogens with one attached hydrogen (secondary N) is 1. The molecule has 1 unspecified atom stereocenters. The van der Waals surface area contributed by atoms with E-state index in [4.69, 9.17) is 15.2 Å². The molecule has 0 bridgehead atoms. The number of nitrogens with zero attached hydrogens (tertiary/aromatic N) is 1. The van der Waals surface area contributed by atoms with Crippen LogP contribution in [0.1, 0.15) is 18.9 Å². The number of rotatable bonds is 6. The highest BCUT2D eigenvalue weighted by atomic mass is 16.5. The van der Waals surface area contributed by atoms with Gasteiger partial charge in [-0.3, -0.25) is 4.98 Å². The van der Waals surface area contributed by atoms with Crippen LogP contribution in [0.15, 0.2) is 18.3 Å². The third-order valence-corrected chi connectivity index (χ3v) is 3.48. The van der Waals surface area contributed by atoms with Gasteiger partial charge in [0.2, 0.25) is 0 Å². The molecule has 2 rings (SSSR count). The SMILES string of the molecule is COc1cc(NCCC(C)N)c2nccc(C)c2c1OC. The van der Waals surface area contributed by atoms with Crippen molar-refractivity contribution in [2.45, 2.75) is 26.3 Å². The van der Waals surface area contributed by atoms with Gasteiger partial charge in [-0.2, -0.15) is 0 Å². The van der Waals surface area contributed by atoms with Crippen LogP contribution in [0.4, 0.5) is 5.69 Å². The maximum atomic E-state index is 5.79. The summed E-state index contributed by atoms with van der Waals surface area (Å²) >= 11 is 0. The van der Waals surface area contributed by atoms with E-state index < -0.39 is 0 Å². The van der Waals surface area contributed by atoms with Gasteiger partial charge >= 0.3 is 0 Å². The fourth-order valence-corrected chi connectivity index (χ4v) is 2.36. The molecule has 0 saturated heterocycles. The molecule has 1 aromatic carbocycles. The van der Waals surface area contributed by atoms with Crippen LogP contribution in [0.2, 0.25) is 0 Å². The van der Waals surface area contributed by atoms with Crippen LogP contribution in [0.3, 0.4) is 0 Å². The summed E-state index contributed by atoms with van der Waals surface area (Å²) in [6.45, 7) is 4.83. The average Bonchev–Trinajstić information content (AvgIpc) is 2.46. The van der Waals surface area contributed by atoms with Gasteiger partial charge in [0.1, 0.15) is 0 Å². The molecule has 5 heteroatoms. The molecule has 1 heterocycles. The van der Waals surface area contributed by atoms with Crippen LogP contribution in [0, 0.1) is 6.92 Å². The van der Waals surface area contributed by atoms with E-state index >= 15 is 0 Å². The maximum Gasteiger partial charge on any atom is 0.170 e. The number of anilines is 1. The molecular weight excluding hydrogens is 266 g/mol. The van der Waals surface area contributed by atoms with Crippen molar-refractivity contribution in [2.24, 2.45) is 5.73 Å². The molecular formula is C16H23N3O2. The Balaban J connectivity index is 2.52. The topological polar surface area (TPSA) is 69.4 Å². The predicted octanol–water partition coefficient (Wildman–Crippen LogP) is 2.71. The molecule has 1 atom stereocenters. The Morgan fingerprint density at radius 1 is 1.33 bits per heavy atom. The number of fused-ring (bicyclic) bond motifs is 1. The molecule has 0 saturated carbocycles. The van der Waals surface area contributed by atoms with E-state index in [1.165, 1.54) is 0 Å². The molecule has 0 aliphatic carbocycles. The molecule has 0 spiro atoms. The van der Waals surface area contributed by atoms with E-state index in [9.17, 15) is 0 Å². The maximum absolute atomic E-state index is 5.79. The Labute approximate surface area is 125 Å². The number of benzene rings is 1. The van der Waals surface area contributed by atoms with Gasteiger partial charge in [-0.15, -0.1) is 0 Å². The minimum Gasteiger partial charge on any atom is -0.493 e. The normalized spacial score (nSPS) is 12.2. The molecule has 0 aliphatic rings. The zero-order valence-electron chi connectivity index (χ0n) is 13.1. The minimum atomic E-state index is 0.165. The Bertz CT molecular complexity index is 626. The molecule has 0 fully saturated rings. The number of aromatic nitrogens is 1. The summed E-state index contributed by atoms with van der Waals surface area (Å²) < 4.78 is 11.0. The van der Waals surface area contributed by atoms with Crippen LogP contribution < -0.4 is 20.5 Å². The second kappa shape index (κ2) is 6.63. The van der Waals surface area contributed by atoms with Gasteiger partial charge in [0.25, 0.3) is 0 Å². The first kappa shape index (κ1) is 15.4. The number of nitrogens with two attached hydrogens (primary N) is 1. The van der Waals surface area contributed by atoms with E-state index in [2.05, 4.69) is 10.3 Å². The number of aryl methyl sites for hydroxylation is 1. The number of hydrogen-bond donors (Lipinski definition) is 2. The van der Waals surface area contributed by atoms with Gasteiger partial charge in [-0.25, -0.2) is 0 Å². The summed E-state index contributed by atoms with van der Waals surface area (Å²) in [4.78, 5) is 4.49. The summed E-state index contributed by atoms with van der Waals surface area (Å²) in [5.41, 5.74) is 8.72. The van der Waals surface area contributed by atoms with Crippen molar-refractivity contribution in [3.05, 3.63) is 23.9 Å². The highest BCUT2D eigenvalue weighted by Gasteiger charge is 2.16. The Kier molecular flexibility index (Phi) is 4.85.